The highest BCUT2D eigenvalue weighted by Gasteiger charge is 2.47. The van der Waals surface area contributed by atoms with Crippen molar-refractivity contribution in [2.24, 2.45) is 5.92 Å². The number of carbonyl (C=O) groups is 2. The molecule has 8 nitrogen and oxygen atoms in total. The lowest BCUT2D eigenvalue weighted by atomic mass is 9.77. The maximum atomic E-state index is 13.7. The van der Waals surface area contributed by atoms with Crippen LogP contribution in [0.2, 0.25) is 0 Å². The van der Waals surface area contributed by atoms with E-state index in [-0.39, 0.29) is 35.9 Å². The Bertz CT molecular complexity index is 1700. The number of ketones is 2. The van der Waals surface area contributed by atoms with E-state index in [1.165, 1.54) is 7.11 Å². The smallest absolute Gasteiger partial charge is 0.193 e. The molecule has 234 valence electrons. The van der Waals surface area contributed by atoms with Gasteiger partial charge in [0.1, 0.15) is 42.7 Å². The van der Waals surface area contributed by atoms with Gasteiger partial charge >= 0.3 is 0 Å². The van der Waals surface area contributed by atoms with Crippen LogP contribution in [0.3, 0.4) is 0 Å². The van der Waals surface area contributed by atoms with Crippen LogP contribution in [0.1, 0.15) is 54.2 Å². The first-order valence-electron chi connectivity index (χ1n) is 15.2. The van der Waals surface area contributed by atoms with Crippen LogP contribution in [-0.4, -0.2) is 47.9 Å². The fraction of sp³-hybridized carbons (Fsp3) is 0.351. The van der Waals surface area contributed by atoms with E-state index in [0.717, 1.165) is 11.1 Å². The first-order valence-corrected chi connectivity index (χ1v) is 15.2. The number of rotatable bonds is 10. The monoisotopic (exact) mass is 610 g/mol. The highest BCUT2D eigenvalue weighted by atomic mass is 16.8. The summed E-state index contributed by atoms with van der Waals surface area (Å²) in [6.45, 7) is 5.95. The summed E-state index contributed by atoms with van der Waals surface area (Å²) >= 11 is 0. The molecular weight excluding hydrogens is 572 g/mol. The Morgan fingerprint density at radius 3 is 2.18 bits per heavy atom. The number of aromatic hydroxyl groups is 1. The van der Waals surface area contributed by atoms with Crippen LogP contribution in [0.4, 0.5) is 0 Å². The number of hydrogen-bond acceptors (Lipinski definition) is 8. The predicted molar refractivity (Wildman–Crippen MR) is 169 cm³/mol. The summed E-state index contributed by atoms with van der Waals surface area (Å²) in [7, 11) is 1.47. The number of carbonyl (C=O) groups excluding carboxylic acids is 2. The average molecular weight is 611 g/mol. The molecule has 1 heterocycles. The Labute approximate surface area is 262 Å². The highest BCUT2D eigenvalue weighted by molar-refractivity contribution is 6.09. The molecule has 1 fully saturated rings. The summed E-state index contributed by atoms with van der Waals surface area (Å²) in [6.07, 6.45) is -1.74. The number of benzene rings is 4. The molecule has 45 heavy (non-hydrogen) atoms. The lowest BCUT2D eigenvalue weighted by Gasteiger charge is -2.31. The zero-order valence-electron chi connectivity index (χ0n) is 25.9. The normalized spacial score (nSPS) is 21.3. The van der Waals surface area contributed by atoms with Crippen molar-refractivity contribution in [2.45, 2.75) is 70.9 Å². The summed E-state index contributed by atoms with van der Waals surface area (Å²) < 4.78 is 29.8. The number of ether oxygens (including phenoxy) is 5. The minimum atomic E-state index is -0.891. The van der Waals surface area contributed by atoms with E-state index >= 15 is 0 Å². The van der Waals surface area contributed by atoms with E-state index in [0.29, 0.717) is 40.9 Å². The molecule has 0 bridgehead atoms. The van der Waals surface area contributed by atoms with E-state index in [2.05, 4.69) is 0 Å². The Hall–Kier alpha value is -4.24. The van der Waals surface area contributed by atoms with Crippen molar-refractivity contribution >= 4 is 22.3 Å². The zero-order chi connectivity index (χ0) is 31.7. The number of Topliss-reactive ketones (excluding diaryl/α,β-unsaturated/α-hetero) is 2. The number of phenolic OH excluding ortho intramolecular Hbond substituents is 1. The molecule has 0 radical (unpaired) electrons. The van der Waals surface area contributed by atoms with E-state index in [1.54, 1.807) is 26.8 Å². The van der Waals surface area contributed by atoms with Gasteiger partial charge in [0, 0.05) is 25.5 Å². The fourth-order valence-corrected chi connectivity index (χ4v) is 6.50. The number of phenols is 1. The van der Waals surface area contributed by atoms with Gasteiger partial charge in [-0.05, 0) is 61.4 Å². The van der Waals surface area contributed by atoms with Gasteiger partial charge in [-0.15, -0.1) is 0 Å². The molecule has 1 saturated heterocycles. The number of methoxy groups -OCH3 is 1. The van der Waals surface area contributed by atoms with Crippen molar-refractivity contribution < 1.29 is 38.4 Å². The van der Waals surface area contributed by atoms with Crippen LogP contribution in [0.25, 0.3) is 10.8 Å². The van der Waals surface area contributed by atoms with Crippen LogP contribution >= 0.6 is 0 Å². The van der Waals surface area contributed by atoms with E-state index in [4.69, 9.17) is 23.7 Å². The molecule has 6 rings (SSSR count). The Morgan fingerprint density at radius 2 is 1.58 bits per heavy atom. The van der Waals surface area contributed by atoms with E-state index in [9.17, 15) is 14.7 Å². The van der Waals surface area contributed by atoms with E-state index < -0.39 is 30.0 Å². The molecule has 1 N–H and O–H groups in total. The summed E-state index contributed by atoms with van der Waals surface area (Å²) in [4.78, 5) is 27.3. The molecule has 0 amide bonds. The topological polar surface area (TPSA) is 101 Å². The largest absolute Gasteiger partial charge is 0.506 e. The Morgan fingerprint density at radius 1 is 0.933 bits per heavy atom. The first-order chi connectivity index (χ1) is 21.6. The zero-order valence-corrected chi connectivity index (χ0v) is 25.9. The molecular formula is C37H38O8. The molecule has 8 heteroatoms. The second kappa shape index (κ2) is 12.6. The molecule has 4 aromatic rings. The van der Waals surface area contributed by atoms with Gasteiger partial charge in [-0.1, -0.05) is 60.7 Å². The van der Waals surface area contributed by atoms with Crippen molar-refractivity contribution in [1.82, 2.24) is 0 Å². The van der Waals surface area contributed by atoms with Crippen LogP contribution in [0.15, 0.2) is 78.9 Å². The van der Waals surface area contributed by atoms with Gasteiger partial charge in [0.05, 0.1) is 17.1 Å². The predicted octanol–water partition coefficient (Wildman–Crippen LogP) is 6.57. The number of hydrogen-bond donors (Lipinski definition) is 1. The second-order valence-corrected chi connectivity index (χ2v) is 12.2. The Balaban J connectivity index is 1.34. The minimum absolute atomic E-state index is 0.0418. The van der Waals surface area contributed by atoms with Gasteiger partial charge in [-0.2, -0.15) is 0 Å². The summed E-state index contributed by atoms with van der Waals surface area (Å²) in [5, 5.41) is 12.7. The minimum Gasteiger partial charge on any atom is -0.506 e. The van der Waals surface area contributed by atoms with Gasteiger partial charge in [0.15, 0.2) is 17.4 Å². The van der Waals surface area contributed by atoms with Crippen molar-refractivity contribution in [3.05, 3.63) is 101 Å². The first kappa shape index (κ1) is 30.8. The Kier molecular flexibility index (Phi) is 8.64. The molecule has 2 aliphatic rings. The van der Waals surface area contributed by atoms with Crippen molar-refractivity contribution in [2.75, 3.05) is 7.11 Å². The SMILES string of the molecule is CO[C@H](C(=O)[C@H]1OC(C)(C)O[C@@H]1C)[C@H]1CC(=O)c2c(cc3cc(OCc4ccccc4)cc(OCc4ccccc4)c3c2O)C1. The molecule has 1 aliphatic carbocycles. The fourth-order valence-electron chi connectivity index (χ4n) is 6.50. The third-order valence-electron chi connectivity index (χ3n) is 8.47. The molecule has 1 aliphatic heterocycles. The van der Waals surface area contributed by atoms with E-state index in [1.807, 2.05) is 72.8 Å². The van der Waals surface area contributed by atoms with Gasteiger partial charge in [-0.25, -0.2) is 0 Å². The third-order valence-corrected chi connectivity index (χ3v) is 8.47. The maximum absolute atomic E-state index is 13.7. The maximum Gasteiger partial charge on any atom is 0.193 e. The van der Waals surface area contributed by atoms with Crippen LogP contribution in [0.5, 0.6) is 17.2 Å². The van der Waals surface area contributed by atoms with Crippen LogP contribution in [-0.2, 0) is 38.6 Å². The lowest BCUT2D eigenvalue weighted by Crippen LogP contribution is -2.45. The van der Waals surface area contributed by atoms with Crippen LogP contribution in [0, 0.1) is 5.92 Å². The molecule has 0 aromatic heterocycles. The van der Waals surface area contributed by atoms with Gasteiger partial charge in [0.2, 0.25) is 0 Å². The quantitative estimate of drug-likeness (QED) is 0.215. The molecule has 0 spiro atoms. The summed E-state index contributed by atoms with van der Waals surface area (Å²) in [5.41, 5.74) is 2.86. The second-order valence-electron chi connectivity index (χ2n) is 12.2. The molecule has 4 atom stereocenters. The standard InChI is InChI=1S/C37H38O8/c1-22-35(45-37(2,3)44-22)34(40)36(41-4)27-16-25-15-26-17-28(42-20-23-11-7-5-8-12-23)19-30(43-21-24-13-9-6-10-14-24)32(26)33(39)31(25)29(38)18-27/h5-15,17,19,22,27,35-36,39H,16,18,20-21H2,1-4H3/t22-,27-,35+,36+/m1/s1. The van der Waals surface area contributed by atoms with Crippen molar-refractivity contribution in [3.8, 4) is 17.2 Å². The third kappa shape index (κ3) is 6.45. The summed E-state index contributed by atoms with van der Waals surface area (Å²) in [6, 6.07) is 25.0. The van der Waals surface area contributed by atoms with Gasteiger partial charge in [0.25, 0.3) is 0 Å². The van der Waals surface area contributed by atoms with Crippen molar-refractivity contribution in [3.63, 3.8) is 0 Å². The summed E-state index contributed by atoms with van der Waals surface area (Å²) in [5.74, 6) is -1.00. The van der Waals surface area contributed by atoms with Crippen molar-refractivity contribution in [1.29, 1.82) is 0 Å². The molecule has 0 saturated carbocycles. The van der Waals surface area contributed by atoms with Gasteiger partial charge < -0.3 is 28.8 Å². The molecule has 4 aromatic carbocycles. The van der Waals surface area contributed by atoms with Gasteiger partial charge in [-0.3, -0.25) is 9.59 Å². The lowest BCUT2D eigenvalue weighted by molar-refractivity contribution is -0.161. The molecule has 0 unspecified atom stereocenters. The highest BCUT2D eigenvalue weighted by Crippen LogP contribution is 2.45. The average Bonchev–Trinajstić information content (AvgIpc) is 3.31. The number of fused-ring (bicyclic) bond motifs is 2. The van der Waals surface area contributed by atoms with Crippen LogP contribution < -0.4 is 9.47 Å².